The summed E-state index contributed by atoms with van der Waals surface area (Å²) in [5, 5.41) is 21.9. The van der Waals surface area contributed by atoms with E-state index in [4.69, 9.17) is 4.74 Å². The Hall–Kier alpha value is -2.00. The van der Waals surface area contributed by atoms with Crippen LogP contribution in [-0.4, -0.2) is 23.4 Å². The number of phenols is 2. The lowest BCUT2D eigenvalue weighted by molar-refractivity contribution is 0.126. The van der Waals surface area contributed by atoms with Gasteiger partial charge in [0.25, 0.3) is 0 Å². The third kappa shape index (κ3) is 10.7. The minimum Gasteiger partial charge on any atom is -0.507 e. The number of benzene rings is 2. The first-order valence-electron chi connectivity index (χ1n) is 16.0. The fourth-order valence-electron chi connectivity index (χ4n) is 5.49. The number of rotatable bonds is 12. The maximum Gasteiger partial charge on any atom is 0.123 e. The fourth-order valence-corrected chi connectivity index (χ4v) is 5.49. The average molecular weight is 567 g/mol. The van der Waals surface area contributed by atoms with Crippen molar-refractivity contribution in [2.24, 2.45) is 0 Å². The van der Waals surface area contributed by atoms with Crippen molar-refractivity contribution in [2.75, 3.05) is 13.2 Å². The lowest BCUT2D eigenvalue weighted by atomic mass is 9.78. The molecule has 0 amide bonds. The molecule has 2 N–H and O–H groups in total. The Morgan fingerprint density at radius 3 is 0.951 bits per heavy atom. The molecule has 2 rings (SSSR count). The molecule has 0 bridgehead atoms. The minimum absolute atomic E-state index is 0.0806. The molecule has 0 unspecified atom stereocenters. The van der Waals surface area contributed by atoms with E-state index in [0.717, 1.165) is 86.8 Å². The first-order valence-corrected chi connectivity index (χ1v) is 16.0. The summed E-state index contributed by atoms with van der Waals surface area (Å²) in [6.45, 7) is 27.8. The van der Waals surface area contributed by atoms with E-state index in [2.05, 4.69) is 107 Å². The smallest absolute Gasteiger partial charge is 0.123 e. The summed E-state index contributed by atoms with van der Waals surface area (Å²) < 4.78 is 5.96. The number of aromatic hydroxyl groups is 2. The van der Waals surface area contributed by atoms with Crippen molar-refractivity contribution in [3.63, 3.8) is 0 Å². The standard InChI is InChI=1S/C38H62O3/c1-35(2,3)29-23-27(24-30(33(29)39)36(4,5)6)19-15-13-17-21-41-22-18-14-16-20-28-25-31(37(7,8)9)34(40)32(26-28)38(10,11)12/h23-26,39-40H,13-22H2,1-12H3. The van der Waals surface area contributed by atoms with Gasteiger partial charge in [0.15, 0.2) is 0 Å². The van der Waals surface area contributed by atoms with Gasteiger partial charge in [-0.15, -0.1) is 0 Å². The quantitative estimate of drug-likeness (QED) is 0.251. The third-order valence-electron chi connectivity index (χ3n) is 8.08. The molecule has 0 spiro atoms. The highest BCUT2D eigenvalue weighted by atomic mass is 16.5. The summed E-state index contributed by atoms with van der Waals surface area (Å²) in [6, 6.07) is 8.86. The van der Waals surface area contributed by atoms with E-state index in [-0.39, 0.29) is 21.7 Å². The SMILES string of the molecule is CC(C)(C)c1cc(CCCCCOCCCCCc2cc(C(C)(C)C)c(O)c(C(C)(C)C)c2)cc(C(C)(C)C)c1O. The topological polar surface area (TPSA) is 49.7 Å². The van der Waals surface area contributed by atoms with Crippen molar-refractivity contribution in [3.8, 4) is 11.5 Å². The summed E-state index contributed by atoms with van der Waals surface area (Å²) in [4.78, 5) is 0. The Labute approximate surface area is 253 Å². The summed E-state index contributed by atoms with van der Waals surface area (Å²) in [7, 11) is 0. The number of unbranched alkanes of at least 4 members (excludes halogenated alkanes) is 4. The summed E-state index contributed by atoms with van der Waals surface area (Å²) in [5.74, 6) is 0.934. The number of aryl methyl sites for hydroxylation is 2. The van der Waals surface area contributed by atoms with Gasteiger partial charge in [-0.1, -0.05) is 120 Å². The van der Waals surface area contributed by atoms with Gasteiger partial charge in [0.1, 0.15) is 11.5 Å². The molecule has 0 aliphatic rings. The summed E-state index contributed by atoms with van der Waals surface area (Å²) in [6.07, 6.45) is 8.86. The van der Waals surface area contributed by atoms with Crippen LogP contribution in [0.15, 0.2) is 24.3 Å². The van der Waals surface area contributed by atoms with Gasteiger partial charge < -0.3 is 14.9 Å². The summed E-state index contributed by atoms with van der Waals surface area (Å²) >= 11 is 0. The lowest BCUT2D eigenvalue weighted by Crippen LogP contribution is -2.18. The van der Waals surface area contributed by atoms with Gasteiger partial charge >= 0.3 is 0 Å². The molecule has 232 valence electrons. The first kappa shape index (κ1) is 35.2. The predicted molar refractivity (Wildman–Crippen MR) is 177 cm³/mol. The molecule has 2 aromatic rings. The largest absolute Gasteiger partial charge is 0.507 e. The predicted octanol–water partition coefficient (Wildman–Crippen LogP) is 10.4. The zero-order valence-corrected chi connectivity index (χ0v) is 28.7. The van der Waals surface area contributed by atoms with Crippen molar-refractivity contribution in [1.29, 1.82) is 0 Å². The molecule has 0 heterocycles. The minimum atomic E-state index is -0.0806. The molecule has 0 aromatic heterocycles. The van der Waals surface area contributed by atoms with Gasteiger partial charge in [-0.2, -0.15) is 0 Å². The molecule has 0 saturated heterocycles. The molecule has 3 heteroatoms. The number of phenolic OH excluding ortho intramolecular Hbond substituents is 2. The van der Waals surface area contributed by atoms with Crippen molar-refractivity contribution in [3.05, 3.63) is 57.6 Å². The van der Waals surface area contributed by atoms with E-state index in [1.807, 2.05) is 0 Å². The van der Waals surface area contributed by atoms with Crippen LogP contribution in [0.5, 0.6) is 11.5 Å². The van der Waals surface area contributed by atoms with Crippen LogP contribution >= 0.6 is 0 Å². The van der Waals surface area contributed by atoms with Gasteiger partial charge in [-0.25, -0.2) is 0 Å². The highest BCUT2D eigenvalue weighted by molar-refractivity contribution is 5.51. The van der Waals surface area contributed by atoms with Gasteiger partial charge in [-0.05, 0) is 93.6 Å². The molecule has 0 atom stereocenters. The van der Waals surface area contributed by atoms with Crippen LogP contribution in [0.1, 0.15) is 155 Å². The van der Waals surface area contributed by atoms with Crippen LogP contribution in [-0.2, 0) is 39.2 Å². The number of ether oxygens (including phenoxy) is 1. The normalized spacial score (nSPS) is 13.2. The van der Waals surface area contributed by atoms with Crippen LogP contribution in [0.3, 0.4) is 0 Å². The first-order chi connectivity index (χ1) is 18.7. The van der Waals surface area contributed by atoms with E-state index in [1.165, 1.54) is 11.1 Å². The van der Waals surface area contributed by atoms with Crippen molar-refractivity contribution in [1.82, 2.24) is 0 Å². The second-order valence-corrected chi connectivity index (χ2v) is 16.3. The van der Waals surface area contributed by atoms with Crippen molar-refractivity contribution in [2.45, 2.75) is 156 Å². The monoisotopic (exact) mass is 566 g/mol. The van der Waals surface area contributed by atoms with E-state index in [1.54, 1.807) is 0 Å². The fraction of sp³-hybridized carbons (Fsp3) is 0.684. The van der Waals surface area contributed by atoms with Crippen LogP contribution in [0.25, 0.3) is 0 Å². The van der Waals surface area contributed by atoms with E-state index in [0.29, 0.717) is 11.5 Å². The van der Waals surface area contributed by atoms with Crippen LogP contribution in [0.2, 0.25) is 0 Å². The number of hydrogen-bond donors (Lipinski definition) is 2. The van der Waals surface area contributed by atoms with Gasteiger partial charge in [-0.3, -0.25) is 0 Å². The zero-order valence-electron chi connectivity index (χ0n) is 28.7. The van der Waals surface area contributed by atoms with Gasteiger partial charge in [0, 0.05) is 13.2 Å². The Kier molecular flexibility index (Phi) is 12.0. The number of hydrogen-bond acceptors (Lipinski definition) is 3. The second-order valence-electron chi connectivity index (χ2n) is 16.3. The zero-order chi connectivity index (χ0) is 31.2. The van der Waals surface area contributed by atoms with E-state index in [9.17, 15) is 10.2 Å². The lowest BCUT2D eigenvalue weighted by Gasteiger charge is -2.28. The van der Waals surface area contributed by atoms with Crippen molar-refractivity contribution < 1.29 is 14.9 Å². The van der Waals surface area contributed by atoms with Crippen LogP contribution in [0, 0.1) is 0 Å². The molecule has 0 aliphatic carbocycles. The van der Waals surface area contributed by atoms with E-state index >= 15 is 0 Å². The van der Waals surface area contributed by atoms with Gasteiger partial charge in [0.05, 0.1) is 0 Å². The van der Waals surface area contributed by atoms with Crippen LogP contribution < -0.4 is 0 Å². The molecular formula is C38H62O3. The molecule has 0 fully saturated rings. The Bertz CT molecular complexity index is 955. The summed E-state index contributed by atoms with van der Waals surface area (Å²) in [5.41, 5.74) is 6.55. The second kappa shape index (κ2) is 14.0. The average Bonchev–Trinajstić information content (AvgIpc) is 2.81. The third-order valence-corrected chi connectivity index (χ3v) is 8.08. The molecule has 41 heavy (non-hydrogen) atoms. The molecule has 0 aliphatic heterocycles. The Morgan fingerprint density at radius 2 is 0.707 bits per heavy atom. The Balaban J connectivity index is 1.74. The Morgan fingerprint density at radius 1 is 0.439 bits per heavy atom. The highest BCUT2D eigenvalue weighted by Gasteiger charge is 2.27. The van der Waals surface area contributed by atoms with Gasteiger partial charge in [0.2, 0.25) is 0 Å². The maximum atomic E-state index is 11.0. The molecule has 0 saturated carbocycles. The maximum absolute atomic E-state index is 11.0. The molecular weight excluding hydrogens is 504 g/mol. The molecule has 0 radical (unpaired) electrons. The van der Waals surface area contributed by atoms with Crippen LogP contribution in [0.4, 0.5) is 0 Å². The molecule has 2 aromatic carbocycles. The van der Waals surface area contributed by atoms with E-state index < -0.39 is 0 Å². The highest BCUT2D eigenvalue weighted by Crippen LogP contribution is 2.41. The molecule has 3 nitrogen and oxygen atoms in total. The van der Waals surface area contributed by atoms with Crippen molar-refractivity contribution >= 4 is 0 Å².